The Morgan fingerprint density at radius 2 is 1.94 bits per heavy atom. The summed E-state index contributed by atoms with van der Waals surface area (Å²) in [6.07, 6.45) is 3.19. The van der Waals surface area contributed by atoms with Gasteiger partial charge in [-0.25, -0.2) is 0 Å². The minimum atomic E-state index is -0.106. The molecule has 1 aromatic rings. The zero-order chi connectivity index (χ0) is 12.3. The lowest BCUT2D eigenvalue weighted by Crippen LogP contribution is -2.12. The minimum Gasteiger partial charge on any atom is -0.507 e. The predicted octanol–water partition coefficient (Wildman–Crippen LogP) is 3.53. The third kappa shape index (κ3) is 2.64. The number of nitrogens with zero attached hydrogens (tertiary/aromatic N) is 1. The molecule has 0 saturated carbocycles. The van der Waals surface area contributed by atoms with Gasteiger partial charge in [0, 0.05) is 11.6 Å². The molecule has 0 bridgehead atoms. The van der Waals surface area contributed by atoms with E-state index in [0.717, 1.165) is 16.7 Å². The number of aromatic hydroxyl groups is 1. The van der Waals surface area contributed by atoms with Crippen molar-refractivity contribution in [2.24, 2.45) is 0 Å². The molecule has 0 radical (unpaired) electrons. The van der Waals surface area contributed by atoms with Crippen LogP contribution in [0.15, 0.2) is 18.2 Å². The minimum absolute atomic E-state index is 0.106. The standard InChI is InChI=1S/C14H17NO/c1-10-8-11(6-5-7-15)9-12(13(10)16)14(2,3)4/h5-6,8-9,16H,1-4H3/b6-5+. The number of benzene rings is 1. The molecule has 0 unspecified atom stereocenters. The molecule has 1 aromatic carbocycles. The molecular weight excluding hydrogens is 198 g/mol. The molecule has 1 N–H and O–H groups in total. The number of aryl methyl sites for hydroxylation is 1. The summed E-state index contributed by atoms with van der Waals surface area (Å²) in [6, 6.07) is 5.77. The topological polar surface area (TPSA) is 44.0 Å². The van der Waals surface area contributed by atoms with E-state index in [1.807, 2.05) is 25.1 Å². The molecule has 16 heavy (non-hydrogen) atoms. The van der Waals surface area contributed by atoms with E-state index < -0.39 is 0 Å². The van der Waals surface area contributed by atoms with Crippen LogP contribution < -0.4 is 0 Å². The molecule has 1 rings (SSSR count). The van der Waals surface area contributed by atoms with Crippen molar-refractivity contribution in [1.82, 2.24) is 0 Å². The van der Waals surface area contributed by atoms with Crippen LogP contribution in [-0.2, 0) is 5.41 Å². The number of hydrogen-bond acceptors (Lipinski definition) is 2. The highest BCUT2D eigenvalue weighted by Gasteiger charge is 2.19. The molecule has 2 nitrogen and oxygen atoms in total. The molecule has 0 aliphatic rings. The predicted molar refractivity (Wildman–Crippen MR) is 66.2 cm³/mol. The lowest BCUT2D eigenvalue weighted by Gasteiger charge is -2.22. The van der Waals surface area contributed by atoms with Crippen LogP contribution >= 0.6 is 0 Å². The van der Waals surface area contributed by atoms with Crippen molar-refractivity contribution in [3.8, 4) is 11.8 Å². The smallest absolute Gasteiger partial charge is 0.122 e. The van der Waals surface area contributed by atoms with Crippen molar-refractivity contribution < 1.29 is 5.11 Å². The third-order valence-corrected chi connectivity index (χ3v) is 2.48. The van der Waals surface area contributed by atoms with Crippen LogP contribution in [0.2, 0.25) is 0 Å². The first-order valence-electron chi connectivity index (χ1n) is 5.26. The molecule has 2 heteroatoms. The van der Waals surface area contributed by atoms with Crippen LogP contribution in [0.3, 0.4) is 0 Å². The van der Waals surface area contributed by atoms with E-state index in [9.17, 15) is 5.11 Å². The summed E-state index contributed by atoms with van der Waals surface area (Å²) in [5.74, 6) is 0.349. The Hall–Kier alpha value is -1.75. The van der Waals surface area contributed by atoms with Crippen LogP contribution in [0.1, 0.15) is 37.5 Å². The maximum Gasteiger partial charge on any atom is 0.122 e. The molecule has 0 atom stereocenters. The molecule has 0 aliphatic heterocycles. The maximum atomic E-state index is 9.99. The maximum absolute atomic E-state index is 9.99. The second-order valence-corrected chi connectivity index (χ2v) is 4.95. The Balaban J connectivity index is 3.35. The average molecular weight is 215 g/mol. The van der Waals surface area contributed by atoms with Crippen molar-refractivity contribution in [2.75, 3.05) is 0 Å². The second-order valence-electron chi connectivity index (χ2n) is 4.95. The summed E-state index contributed by atoms with van der Waals surface area (Å²) in [5.41, 5.74) is 2.59. The number of phenols is 1. The summed E-state index contributed by atoms with van der Waals surface area (Å²) in [4.78, 5) is 0. The molecule has 84 valence electrons. The van der Waals surface area contributed by atoms with Crippen LogP contribution in [0, 0.1) is 18.3 Å². The normalized spacial score (nSPS) is 11.7. The summed E-state index contributed by atoms with van der Waals surface area (Å²) < 4.78 is 0. The van der Waals surface area contributed by atoms with Crippen molar-refractivity contribution in [1.29, 1.82) is 5.26 Å². The highest BCUT2D eigenvalue weighted by Crippen LogP contribution is 2.34. The van der Waals surface area contributed by atoms with E-state index in [4.69, 9.17) is 5.26 Å². The Morgan fingerprint density at radius 1 is 1.31 bits per heavy atom. The van der Waals surface area contributed by atoms with Gasteiger partial charge in [-0.05, 0) is 41.7 Å². The summed E-state index contributed by atoms with van der Waals surface area (Å²) in [5, 5.41) is 18.5. The van der Waals surface area contributed by atoms with E-state index >= 15 is 0 Å². The second kappa shape index (κ2) is 4.40. The summed E-state index contributed by atoms with van der Waals surface area (Å²) in [7, 11) is 0. The van der Waals surface area contributed by atoms with Gasteiger partial charge in [0.2, 0.25) is 0 Å². The van der Waals surface area contributed by atoms with Gasteiger partial charge in [0.15, 0.2) is 0 Å². The Morgan fingerprint density at radius 3 is 2.44 bits per heavy atom. The van der Waals surface area contributed by atoms with E-state index in [-0.39, 0.29) is 5.41 Å². The molecular formula is C14H17NO. The average Bonchev–Trinajstić information content (AvgIpc) is 2.17. The highest BCUT2D eigenvalue weighted by atomic mass is 16.3. The van der Waals surface area contributed by atoms with Gasteiger partial charge < -0.3 is 5.11 Å². The van der Waals surface area contributed by atoms with E-state index in [2.05, 4.69) is 20.8 Å². The quantitative estimate of drug-likeness (QED) is 0.728. The van der Waals surface area contributed by atoms with Crippen LogP contribution in [0.5, 0.6) is 5.75 Å². The van der Waals surface area contributed by atoms with Gasteiger partial charge in [-0.1, -0.05) is 20.8 Å². The molecule has 0 aliphatic carbocycles. The van der Waals surface area contributed by atoms with Gasteiger partial charge in [-0.15, -0.1) is 0 Å². The highest BCUT2D eigenvalue weighted by molar-refractivity contribution is 5.58. The number of allylic oxidation sites excluding steroid dienone is 1. The Bertz CT molecular complexity index is 459. The molecule has 0 heterocycles. The van der Waals surface area contributed by atoms with Crippen molar-refractivity contribution in [3.05, 3.63) is 34.9 Å². The van der Waals surface area contributed by atoms with Crippen molar-refractivity contribution >= 4 is 6.08 Å². The van der Waals surface area contributed by atoms with Gasteiger partial charge in [0.1, 0.15) is 5.75 Å². The van der Waals surface area contributed by atoms with Gasteiger partial charge in [-0.3, -0.25) is 0 Å². The summed E-state index contributed by atoms with van der Waals surface area (Å²) >= 11 is 0. The molecule has 0 saturated heterocycles. The SMILES string of the molecule is Cc1cc(/C=C/C#N)cc(C(C)(C)C)c1O. The first kappa shape index (κ1) is 12.3. The van der Waals surface area contributed by atoms with Gasteiger partial charge in [0.05, 0.1) is 6.07 Å². The zero-order valence-corrected chi connectivity index (χ0v) is 10.2. The van der Waals surface area contributed by atoms with Crippen LogP contribution in [0.25, 0.3) is 6.08 Å². The monoisotopic (exact) mass is 215 g/mol. The van der Waals surface area contributed by atoms with Crippen LogP contribution in [-0.4, -0.2) is 5.11 Å². The van der Waals surface area contributed by atoms with Gasteiger partial charge in [0.25, 0.3) is 0 Å². The molecule has 0 aromatic heterocycles. The lowest BCUT2D eigenvalue weighted by molar-refractivity contribution is 0.443. The first-order valence-corrected chi connectivity index (χ1v) is 5.26. The van der Waals surface area contributed by atoms with Gasteiger partial charge >= 0.3 is 0 Å². The fraction of sp³-hybridized carbons (Fsp3) is 0.357. The first-order chi connectivity index (χ1) is 7.36. The summed E-state index contributed by atoms with van der Waals surface area (Å²) in [6.45, 7) is 8.03. The van der Waals surface area contributed by atoms with E-state index in [0.29, 0.717) is 5.75 Å². The largest absolute Gasteiger partial charge is 0.507 e. The van der Waals surface area contributed by atoms with Crippen LogP contribution in [0.4, 0.5) is 0 Å². The van der Waals surface area contributed by atoms with E-state index in [1.165, 1.54) is 6.08 Å². The van der Waals surface area contributed by atoms with E-state index in [1.54, 1.807) is 6.08 Å². The number of phenolic OH excluding ortho intramolecular Hbond substituents is 1. The number of nitriles is 1. The van der Waals surface area contributed by atoms with Crippen molar-refractivity contribution in [3.63, 3.8) is 0 Å². The fourth-order valence-corrected chi connectivity index (χ4v) is 1.61. The Labute approximate surface area is 96.8 Å². The van der Waals surface area contributed by atoms with Crippen molar-refractivity contribution in [2.45, 2.75) is 33.1 Å². The number of hydrogen-bond donors (Lipinski definition) is 1. The fourth-order valence-electron chi connectivity index (χ4n) is 1.61. The Kier molecular flexibility index (Phi) is 3.39. The number of rotatable bonds is 1. The zero-order valence-electron chi connectivity index (χ0n) is 10.2. The third-order valence-electron chi connectivity index (χ3n) is 2.48. The molecule has 0 amide bonds. The lowest BCUT2D eigenvalue weighted by atomic mass is 9.84. The molecule has 0 spiro atoms. The molecule has 0 fully saturated rings. The van der Waals surface area contributed by atoms with Gasteiger partial charge in [-0.2, -0.15) is 5.26 Å².